The van der Waals surface area contributed by atoms with E-state index in [1.807, 2.05) is 47.4 Å². The van der Waals surface area contributed by atoms with E-state index in [4.69, 9.17) is 0 Å². The summed E-state index contributed by atoms with van der Waals surface area (Å²) >= 11 is 3.70. The summed E-state index contributed by atoms with van der Waals surface area (Å²) in [5.41, 5.74) is 2.77. The maximum Gasteiger partial charge on any atom is 0.258 e. The fourth-order valence-electron chi connectivity index (χ4n) is 2.99. The van der Waals surface area contributed by atoms with Gasteiger partial charge in [0.05, 0.1) is 5.56 Å². The Bertz CT molecular complexity index is 768. The highest BCUT2D eigenvalue weighted by molar-refractivity contribution is 9.11. The van der Waals surface area contributed by atoms with E-state index in [0.717, 1.165) is 34.1 Å². The van der Waals surface area contributed by atoms with Crippen molar-refractivity contribution < 1.29 is 4.79 Å². The standard InChI is InChI=1S/C19H17BrN2O/c20-16(12-13-6-2-1-3-7-13)18-21-17-9-5-4-8-15(17)19(23)22(18)14-10-11-14/h1-9,12,14,18,21H,10-11H2/b16-12-/t18-/m0/s1. The molecule has 116 valence electrons. The third-order valence-electron chi connectivity index (χ3n) is 4.27. The molecule has 1 aliphatic heterocycles. The Balaban J connectivity index is 1.72. The van der Waals surface area contributed by atoms with Gasteiger partial charge >= 0.3 is 0 Å². The number of para-hydroxylation sites is 1. The minimum absolute atomic E-state index is 0.116. The first-order valence-corrected chi connectivity index (χ1v) is 8.64. The number of carbonyl (C=O) groups is 1. The van der Waals surface area contributed by atoms with Gasteiger partial charge in [0.2, 0.25) is 0 Å². The molecule has 23 heavy (non-hydrogen) atoms. The molecule has 0 saturated heterocycles. The highest BCUT2D eigenvalue weighted by atomic mass is 79.9. The molecule has 0 aromatic heterocycles. The predicted octanol–water partition coefficient (Wildman–Crippen LogP) is 4.48. The Labute approximate surface area is 144 Å². The van der Waals surface area contributed by atoms with Gasteiger partial charge in [-0.25, -0.2) is 0 Å². The Morgan fingerprint density at radius 3 is 2.52 bits per heavy atom. The van der Waals surface area contributed by atoms with Crippen LogP contribution in [0.25, 0.3) is 6.08 Å². The summed E-state index contributed by atoms with van der Waals surface area (Å²) in [6.07, 6.45) is 4.09. The number of hydrogen-bond donors (Lipinski definition) is 1. The molecular weight excluding hydrogens is 352 g/mol. The number of anilines is 1. The Morgan fingerprint density at radius 2 is 1.78 bits per heavy atom. The predicted molar refractivity (Wildman–Crippen MR) is 96.4 cm³/mol. The summed E-state index contributed by atoms with van der Waals surface area (Å²) in [6, 6.07) is 18.2. The second-order valence-corrected chi connectivity index (χ2v) is 6.89. The maximum atomic E-state index is 12.9. The van der Waals surface area contributed by atoms with Gasteiger partial charge in [-0.1, -0.05) is 58.4 Å². The quantitative estimate of drug-likeness (QED) is 0.865. The third-order valence-corrected chi connectivity index (χ3v) is 4.93. The highest BCUT2D eigenvalue weighted by Gasteiger charge is 2.42. The fourth-order valence-corrected chi connectivity index (χ4v) is 3.59. The molecule has 3 nitrogen and oxygen atoms in total. The molecule has 1 atom stereocenters. The first kappa shape index (κ1) is 14.5. The number of rotatable bonds is 3. The molecule has 4 rings (SSSR count). The van der Waals surface area contributed by atoms with Crippen LogP contribution in [0.5, 0.6) is 0 Å². The van der Waals surface area contributed by atoms with Crippen LogP contribution in [0.4, 0.5) is 5.69 Å². The monoisotopic (exact) mass is 368 g/mol. The molecular formula is C19H17BrN2O. The zero-order valence-electron chi connectivity index (χ0n) is 12.6. The van der Waals surface area contributed by atoms with Crippen LogP contribution in [0.3, 0.4) is 0 Å². The molecule has 1 saturated carbocycles. The average Bonchev–Trinajstić information content (AvgIpc) is 3.40. The van der Waals surface area contributed by atoms with Crippen molar-refractivity contribution in [2.45, 2.75) is 25.0 Å². The van der Waals surface area contributed by atoms with Gasteiger partial charge in [-0.2, -0.15) is 0 Å². The van der Waals surface area contributed by atoms with Crippen LogP contribution in [0.2, 0.25) is 0 Å². The van der Waals surface area contributed by atoms with Crippen LogP contribution in [0, 0.1) is 0 Å². The first-order chi connectivity index (χ1) is 11.2. The van der Waals surface area contributed by atoms with Gasteiger partial charge < -0.3 is 10.2 Å². The molecule has 2 aromatic rings. The van der Waals surface area contributed by atoms with Crippen molar-refractivity contribution in [3.63, 3.8) is 0 Å². The van der Waals surface area contributed by atoms with Crippen molar-refractivity contribution in [2.75, 3.05) is 5.32 Å². The van der Waals surface area contributed by atoms with E-state index < -0.39 is 0 Å². The highest BCUT2D eigenvalue weighted by Crippen LogP contribution is 2.38. The van der Waals surface area contributed by atoms with Gasteiger partial charge in [0.1, 0.15) is 6.17 Å². The molecule has 1 N–H and O–H groups in total. The number of carbonyl (C=O) groups excluding carboxylic acids is 1. The second-order valence-electron chi connectivity index (χ2n) is 5.98. The smallest absolute Gasteiger partial charge is 0.258 e. The van der Waals surface area contributed by atoms with Crippen molar-refractivity contribution in [3.8, 4) is 0 Å². The molecule has 0 radical (unpaired) electrons. The summed E-state index contributed by atoms with van der Waals surface area (Å²) < 4.78 is 0.971. The lowest BCUT2D eigenvalue weighted by Crippen LogP contribution is -2.50. The maximum absolute atomic E-state index is 12.9. The molecule has 0 unspecified atom stereocenters. The van der Waals surface area contributed by atoms with Crippen LogP contribution in [-0.4, -0.2) is 23.0 Å². The molecule has 4 heteroatoms. The summed E-state index contributed by atoms with van der Waals surface area (Å²) in [5.74, 6) is 0.116. The second kappa shape index (κ2) is 5.85. The zero-order valence-corrected chi connectivity index (χ0v) is 14.2. The number of amides is 1. The third kappa shape index (κ3) is 2.79. The molecule has 2 aliphatic rings. The van der Waals surface area contributed by atoms with Crippen molar-refractivity contribution in [3.05, 3.63) is 70.2 Å². The molecule has 1 fully saturated rings. The zero-order chi connectivity index (χ0) is 15.8. The average molecular weight is 369 g/mol. The van der Waals surface area contributed by atoms with E-state index >= 15 is 0 Å². The summed E-state index contributed by atoms with van der Waals surface area (Å²) in [4.78, 5) is 14.9. The largest absolute Gasteiger partial charge is 0.360 e. The molecule has 0 spiro atoms. The summed E-state index contributed by atoms with van der Waals surface area (Å²) in [5, 5.41) is 3.51. The first-order valence-electron chi connectivity index (χ1n) is 7.84. The van der Waals surface area contributed by atoms with Crippen LogP contribution in [0.15, 0.2) is 59.1 Å². The van der Waals surface area contributed by atoms with Crippen molar-refractivity contribution in [1.29, 1.82) is 0 Å². The van der Waals surface area contributed by atoms with Gasteiger partial charge in [0.15, 0.2) is 0 Å². The van der Waals surface area contributed by atoms with Crippen LogP contribution < -0.4 is 5.32 Å². The number of fused-ring (bicyclic) bond motifs is 1. The lowest BCUT2D eigenvalue weighted by Gasteiger charge is -2.38. The topological polar surface area (TPSA) is 32.3 Å². The van der Waals surface area contributed by atoms with E-state index in [1.165, 1.54) is 0 Å². The van der Waals surface area contributed by atoms with E-state index in [2.05, 4.69) is 39.5 Å². The van der Waals surface area contributed by atoms with Gasteiger partial charge in [-0.15, -0.1) is 0 Å². The van der Waals surface area contributed by atoms with Gasteiger partial charge in [0, 0.05) is 16.2 Å². The normalized spacial score (nSPS) is 20.9. The van der Waals surface area contributed by atoms with E-state index in [0.29, 0.717) is 6.04 Å². The summed E-state index contributed by atoms with van der Waals surface area (Å²) in [6.45, 7) is 0. The van der Waals surface area contributed by atoms with Crippen molar-refractivity contribution in [1.82, 2.24) is 4.90 Å². The number of halogens is 1. The van der Waals surface area contributed by atoms with Crippen LogP contribution >= 0.6 is 15.9 Å². The van der Waals surface area contributed by atoms with E-state index in [1.54, 1.807) is 0 Å². The molecule has 2 aromatic carbocycles. The van der Waals surface area contributed by atoms with Crippen LogP contribution in [0.1, 0.15) is 28.8 Å². The van der Waals surface area contributed by atoms with E-state index in [9.17, 15) is 4.79 Å². The minimum Gasteiger partial charge on any atom is -0.360 e. The Kier molecular flexibility index (Phi) is 3.69. The SMILES string of the molecule is O=C1c2ccccc2N[C@H](/C(Br)=C/c2ccccc2)N1C1CC1. The fraction of sp³-hybridized carbons (Fsp3) is 0.211. The Morgan fingerprint density at radius 1 is 1.09 bits per heavy atom. The lowest BCUT2D eigenvalue weighted by molar-refractivity contribution is 0.0701. The van der Waals surface area contributed by atoms with E-state index in [-0.39, 0.29) is 12.1 Å². The minimum atomic E-state index is -0.148. The molecule has 0 bridgehead atoms. The lowest BCUT2D eigenvalue weighted by atomic mass is 10.1. The van der Waals surface area contributed by atoms with Gasteiger partial charge in [0.25, 0.3) is 5.91 Å². The van der Waals surface area contributed by atoms with Crippen molar-refractivity contribution >= 4 is 33.6 Å². The summed E-state index contributed by atoms with van der Waals surface area (Å²) in [7, 11) is 0. The van der Waals surface area contributed by atoms with Crippen LogP contribution in [-0.2, 0) is 0 Å². The molecule has 1 aliphatic carbocycles. The number of hydrogen-bond acceptors (Lipinski definition) is 2. The molecule has 1 heterocycles. The Hall–Kier alpha value is -2.07. The van der Waals surface area contributed by atoms with Gasteiger partial charge in [-0.3, -0.25) is 4.79 Å². The number of benzene rings is 2. The molecule has 1 amide bonds. The number of nitrogens with one attached hydrogen (secondary N) is 1. The number of nitrogens with zero attached hydrogens (tertiary/aromatic N) is 1. The van der Waals surface area contributed by atoms with Gasteiger partial charge in [-0.05, 0) is 36.6 Å². The van der Waals surface area contributed by atoms with Crippen molar-refractivity contribution in [2.24, 2.45) is 0 Å².